The van der Waals surface area contributed by atoms with E-state index in [1.54, 1.807) is 24.9 Å². The molecule has 3 rings (SSSR count). The van der Waals surface area contributed by atoms with Crippen molar-refractivity contribution in [2.45, 2.75) is 26.8 Å². The molecule has 0 aliphatic carbocycles. The molecular weight excluding hydrogens is 348 g/mol. The number of morpholine rings is 1. The number of ether oxygens (including phenoxy) is 1. The highest BCUT2D eigenvalue weighted by molar-refractivity contribution is 5.89. The summed E-state index contributed by atoms with van der Waals surface area (Å²) in [6.45, 7) is 8.93. The fourth-order valence-corrected chi connectivity index (χ4v) is 3.56. The number of hydrogen-bond acceptors (Lipinski definition) is 5. The van der Waals surface area contributed by atoms with Crippen molar-refractivity contribution in [1.82, 2.24) is 20.1 Å². The maximum absolute atomic E-state index is 12.5. The lowest BCUT2D eigenvalue weighted by atomic mass is 10.1. The maximum atomic E-state index is 12.5. The lowest BCUT2D eigenvalue weighted by Gasteiger charge is -2.28. The van der Waals surface area contributed by atoms with Gasteiger partial charge in [-0.15, -0.1) is 0 Å². The van der Waals surface area contributed by atoms with Crippen LogP contribution < -0.4 is 10.7 Å². The largest absolute Gasteiger partial charge is 0.379 e. The number of amides is 2. The van der Waals surface area contributed by atoms with Crippen LogP contribution in [0, 0.1) is 19.8 Å². The first-order valence-electron chi connectivity index (χ1n) is 9.49. The number of likely N-dealkylation sites (tertiary alicyclic amines) is 1. The van der Waals surface area contributed by atoms with Crippen LogP contribution in [0.1, 0.15) is 23.2 Å². The van der Waals surface area contributed by atoms with E-state index in [2.05, 4.69) is 15.2 Å². The molecule has 1 aromatic rings. The van der Waals surface area contributed by atoms with E-state index in [4.69, 9.17) is 4.74 Å². The smallest absolute Gasteiger partial charge is 0.225 e. The zero-order chi connectivity index (χ0) is 19.4. The number of rotatable bonds is 6. The predicted octanol–water partition coefficient (Wildman–Crippen LogP) is -0.211. The molecule has 1 unspecified atom stereocenters. The van der Waals surface area contributed by atoms with E-state index in [0.29, 0.717) is 29.9 Å². The number of aromatic amines is 1. The van der Waals surface area contributed by atoms with Crippen LogP contribution in [0.2, 0.25) is 0 Å². The number of aromatic nitrogens is 1. The molecule has 2 aliphatic rings. The average Bonchev–Trinajstić information content (AvgIpc) is 3.05. The molecule has 8 heteroatoms. The molecule has 0 spiro atoms. The highest BCUT2D eigenvalue weighted by Crippen LogP contribution is 2.18. The van der Waals surface area contributed by atoms with Crippen LogP contribution in [0.5, 0.6) is 0 Å². The van der Waals surface area contributed by atoms with Crippen molar-refractivity contribution in [2.75, 3.05) is 45.9 Å². The van der Waals surface area contributed by atoms with E-state index in [9.17, 15) is 14.4 Å². The van der Waals surface area contributed by atoms with Gasteiger partial charge in [-0.05, 0) is 13.8 Å². The van der Waals surface area contributed by atoms with Crippen molar-refractivity contribution in [3.05, 3.63) is 33.2 Å². The van der Waals surface area contributed by atoms with E-state index in [-0.39, 0.29) is 36.1 Å². The number of carbonyl (C=O) groups excluding carboxylic acids is 2. The Bertz CT molecular complexity index is 755. The Morgan fingerprint density at radius 2 is 2.00 bits per heavy atom. The van der Waals surface area contributed by atoms with Gasteiger partial charge in [0.15, 0.2) is 5.43 Å². The van der Waals surface area contributed by atoms with E-state index in [0.717, 1.165) is 32.8 Å². The van der Waals surface area contributed by atoms with Gasteiger partial charge in [-0.25, -0.2) is 0 Å². The normalized spacial score (nSPS) is 20.9. The van der Waals surface area contributed by atoms with Gasteiger partial charge in [0.2, 0.25) is 11.8 Å². The van der Waals surface area contributed by atoms with Gasteiger partial charge in [-0.2, -0.15) is 0 Å². The first-order valence-corrected chi connectivity index (χ1v) is 9.49. The summed E-state index contributed by atoms with van der Waals surface area (Å²) in [5.74, 6) is -0.443. The molecule has 148 valence electrons. The molecule has 2 aliphatic heterocycles. The third-order valence-corrected chi connectivity index (χ3v) is 5.43. The zero-order valence-corrected chi connectivity index (χ0v) is 16.0. The minimum absolute atomic E-state index is 0.0108. The first-order chi connectivity index (χ1) is 13.0. The molecular formula is C19H28N4O4. The Morgan fingerprint density at radius 3 is 2.74 bits per heavy atom. The van der Waals surface area contributed by atoms with Gasteiger partial charge in [-0.3, -0.25) is 19.3 Å². The second-order valence-corrected chi connectivity index (χ2v) is 7.32. The van der Waals surface area contributed by atoms with Crippen molar-refractivity contribution in [3.8, 4) is 0 Å². The van der Waals surface area contributed by atoms with Gasteiger partial charge in [0.1, 0.15) is 0 Å². The highest BCUT2D eigenvalue weighted by Gasteiger charge is 2.34. The third kappa shape index (κ3) is 4.75. The summed E-state index contributed by atoms with van der Waals surface area (Å²) in [4.78, 5) is 43.8. The average molecular weight is 376 g/mol. The van der Waals surface area contributed by atoms with E-state index >= 15 is 0 Å². The summed E-state index contributed by atoms with van der Waals surface area (Å²) >= 11 is 0. The fourth-order valence-electron chi connectivity index (χ4n) is 3.56. The summed E-state index contributed by atoms with van der Waals surface area (Å²) in [5, 5.41) is 2.86. The van der Waals surface area contributed by atoms with Crippen LogP contribution in [0.25, 0.3) is 0 Å². The van der Waals surface area contributed by atoms with Gasteiger partial charge in [0, 0.05) is 62.2 Å². The molecule has 0 aromatic carbocycles. The fraction of sp³-hybridized carbons (Fsp3) is 0.632. The third-order valence-electron chi connectivity index (χ3n) is 5.43. The van der Waals surface area contributed by atoms with Gasteiger partial charge in [-0.1, -0.05) is 0 Å². The minimum atomic E-state index is -0.334. The molecule has 2 N–H and O–H groups in total. The number of H-pyrrole nitrogens is 1. The standard InChI is InChI=1S/C19H28N4O4/c1-13-10-20-16(14(2)18(13)25)11-21-19(26)15-9-17(24)23(12-15)4-3-22-5-7-27-8-6-22/h10,15H,3-9,11-12H2,1-2H3,(H,20,25)(H,21,26). The van der Waals surface area contributed by atoms with E-state index in [1.807, 2.05) is 0 Å². The van der Waals surface area contributed by atoms with Crippen molar-refractivity contribution < 1.29 is 14.3 Å². The van der Waals surface area contributed by atoms with Crippen molar-refractivity contribution in [3.63, 3.8) is 0 Å². The van der Waals surface area contributed by atoms with Crippen LogP contribution in [-0.2, 0) is 20.9 Å². The molecule has 27 heavy (non-hydrogen) atoms. The second kappa shape index (κ2) is 8.67. The summed E-state index contributed by atoms with van der Waals surface area (Å²) in [6.07, 6.45) is 1.90. The van der Waals surface area contributed by atoms with Crippen LogP contribution in [0.15, 0.2) is 11.0 Å². The number of nitrogens with zero attached hydrogens (tertiary/aromatic N) is 2. The van der Waals surface area contributed by atoms with Crippen LogP contribution in [0.3, 0.4) is 0 Å². The van der Waals surface area contributed by atoms with Crippen molar-refractivity contribution >= 4 is 11.8 Å². The molecule has 0 saturated carbocycles. The van der Waals surface area contributed by atoms with Crippen LogP contribution >= 0.6 is 0 Å². The van der Waals surface area contributed by atoms with Gasteiger partial charge in [0.05, 0.1) is 25.7 Å². The Hall–Kier alpha value is -2.19. The van der Waals surface area contributed by atoms with Gasteiger partial charge < -0.3 is 19.9 Å². The zero-order valence-electron chi connectivity index (χ0n) is 16.0. The Kier molecular flexibility index (Phi) is 6.28. The first kappa shape index (κ1) is 19.6. The summed E-state index contributed by atoms with van der Waals surface area (Å²) in [6, 6.07) is 0. The number of hydrogen-bond donors (Lipinski definition) is 2. The summed E-state index contributed by atoms with van der Waals surface area (Å²) in [5.41, 5.74) is 1.96. The Labute approximate surface area is 158 Å². The number of pyridine rings is 1. The number of carbonyl (C=O) groups is 2. The molecule has 1 aromatic heterocycles. The monoisotopic (exact) mass is 376 g/mol. The topological polar surface area (TPSA) is 94.7 Å². The number of aryl methyl sites for hydroxylation is 1. The lowest BCUT2D eigenvalue weighted by Crippen LogP contribution is -2.42. The molecule has 2 amide bonds. The molecule has 0 radical (unpaired) electrons. The number of nitrogens with one attached hydrogen (secondary N) is 2. The lowest BCUT2D eigenvalue weighted by molar-refractivity contribution is -0.129. The molecule has 3 heterocycles. The maximum Gasteiger partial charge on any atom is 0.225 e. The second-order valence-electron chi connectivity index (χ2n) is 7.32. The Morgan fingerprint density at radius 1 is 1.26 bits per heavy atom. The highest BCUT2D eigenvalue weighted by atomic mass is 16.5. The molecule has 0 bridgehead atoms. The predicted molar refractivity (Wildman–Crippen MR) is 100 cm³/mol. The van der Waals surface area contributed by atoms with Gasteiger partial charge in [0.25, 0.3) is 0 Å². The van der Waals surface area contributed by atoms with Crippen LogP contribution in [-0.4, -0.2) is 72.5 Å². The molecule has 2 saturated heterocycles. The van der Waals surface area contributed by atoms with Crippen molar-refractivity contribution in [1.29, 1.82) is 0 Å². The SMILES string of the molecule is Cc1c[nH]c(CNC(=O)C2CC(=O)N(CCN3CCOCC3)C2)c(C)c1=O. The van der Waals surface area contributed by atoms with E-state index < -0.39 is 0 Å². The molecule has 1 atom stereocenters. The molecule has 2 fully saturated rings. The summed E-state index contributed by atoms with van der Waals surface area (Å²) < 4.78 is 5.33. The van der Waals surface area contributed by atoms with Crippen LogP contribution in [0.4, 0.5) is 0 Å². The van der Waals surface area contributed by atoms with Gasteiger partial charge >= 0.3 is 0 Å². The molecule has 8 nitrogen and oxygen atoms in total. The Balaban J connectivity index is 1.48. The summed E-state index contributed by atoms with van der Waals surface area (Å²) in [7, 11) is 0. The van der Waals surface area contributed by atoms with E-state index in [1.165, 1.54) is 0 Å². The van der Waals surface area contributed by atoms with Crippen molar-refractivity contribution in [2.24, 2.45) is 5.92 Å². The quantitative estimate of drug-likeness (QED) is 0.716. The minimum Gasteiger partial charge on any atom is -0.379 e.